The molecule has 7 nitrogen and oxygen atoms in total. The largest absolute Gasteiger partial charge is 0.342 e. The Kier molecular flexibility index (Phi) is 4.01. The van der Waals surface area contributed by atoms with Crippen LogP contribution in [0.1, 0.15) is 12.7 Å². The van der Waals surface area contributed by atoms with Crippen LogP contribution in [-0.4, -0.2) is 20.6 Å². The third-order valence-corrected chi connectivity index (χ3v) is 3.32. The molecule has 1 aromatic heterocycles. The molecule has 116 valence electrons. The Balaban J connectivity index is 1.66. The maximum Gasteiger partial charge on any atom is 0.269 e. The second-order valence-electron chi connectivity index (χ2n) is 5.14. The lowest BCUT2D eigenvalue weighted by atomic mass is 10.3. The Morgan fingerprint density at radius 3 is 2.70 bits per heavy atom. The van der Waals surface area contributed by atoms with Gasteiger partial charge in [-0.1, -0.05) is 12.1 Å². The summed E-state index contributed by atoms with van der Waals surface area (Å²) in [5, 5.41) is 14.9. The summed E-state index contributed by atoms with van der Waals surface area (Å²) in [7, 11) is 0. The lowest BCUT2D eigenvalue weighted by Crippen LogP contribution is -2.03. The van der Waals surface area contributed by atoms with Crippen LogP contribution >= 0.6 is 0 Å². The first kappa shape index (κ1) is 14.7. The van der Waals surface area contributed by atoms with Crippen molar-refractivity contribution >= 4 is 28.1 Å². The number of aromatic amines is 1. The highest BCUT2D eigenvalue weighted by molar-refractivity contribution is 5.85. The molecule has 0 radical (unpaired) electrons. The van der Waals surface area contributed by atoms with E-state index in [1.807, 2.05) is 31.2 Å². The summed E-state index contributed by atoms with van der Waals surface area (Å²) in [5.74, 6) is 0.845. The van der Waals surface area contributed by atoms with Crippen LogP contribution in [-0.2, 0) is 6.42 Å². The number of hydrogen-bond acceptors (Lipinski definition) is 5. The monoisotopic (exact) mass is 309 g/mol. The summed E-state index contributed by atoms with van der Waals surface area (Å²) in [6.07, 6.45) is 0.592. The number of hydrogen-bond donors (Lipinski definition) is 2. The number of imidazole rings is 1. The van der Waals surface area contributed by atoms with E-state index in [2.05, 4.69) is 20.5 Å². The van der Waals surface area contributed by atoms with Crippen molar-refractivity contribution in [2.75, 3.05) is 5.43 Å². The molecule has 2 N–H and O–H groups in total. The molecule has 0 aliphatic heterocycles. The molecule has 3 rings (SSSR count). The lowest BCUT2D eigenvalue weighted by molar-refractivity contribution is -0.384. The minimum absolute atomic E-state index is 0.0542. The molecular weight excluding hydrogens is 294 g/mol. The lowest BCUT2D eigenvalue weighted by Gasteiger charge is -2.02. The maximum absolute atomic E-state index is 10.6. The van der Waals surface area contributed by atoms with Gasteiger partial charge in [-0.25, -0.2) is 4.98 Å². The van der Waals surface area contributed by atoms with E-state index < -0.39 is 4.92 Å². The molecular formula is C16H15N5O2. The van der Waals surface area contributed by atoms with Gasteiger partial charge in [0, 0.05) is 24.3 Å². The molecule has 0 amide bonds. The van der Waals surface area contributed by atoms with Crippen molar-refractivity contribution in [2.45, 2.75) is 13.3 Å². The van der Waals surface area contributed by atoms with Crippen molar-refractivity contribution in [3.05, 3.63) is 64.5 Å². The fraction of sp³-hybridized carbons (Fsp3) is 0.125. The van der Waals surface area contributed by atoms with Crippen molar-refractivity contribution in [1.29, 1.82) is 0 Å². The number of nitrogens with zero attached hydrogens (tertiary/aromatic N) is 3. The number of para-hydroxylation sites is 2. The van der Waals surface area contributed by atoms with E-state index in [0.717, 1.165) is 22.6 Å². The van der Waals surface area contributed by atoms with Gasteiger partial charge < -0.3 is 4.98 Å². The van der Waals surface area contributed by atoms with Gasteiger partial charge in [-0.2, -0.15) is 5.10 Å². The molecule has 0 aliphatic rings. The molecule has 1 heterocycles. The molecule has 0 unspecified atom stereocenters. The molecule has 0 aliphatic carbocycles. The van der Waals surface area contributed by atoms with Gasteiger partial charge in [0.05, 0.1) is 21.6 Å². The highest BCUT2D eigenvalue weighted by atomic mass is 16.6. The zero-order valence-corrected chi connectivity index (χ0v) is 12.5. The molecule has 2 aromatic carbocycles. The maximum atomic E-state index is 10.6. The van der Waals surface area contributed by atoms with Crippen LogP contribution in [0.5, 0.6) is 0 Å². The van der Waals surface area contributed by atoms with Crippen LogP contribution < -0.4 is 5.43 Å². The first-order valence-electron chi connectivity index (χ1n) is 7.09. The van der Waals surface area contributed by atoms with Gasteiger partial charge in [-0.05, 0) is 31.2 Å². The number of fused-ring (bicyclic) bond motifs is 1. The Hall–Kier alpha value is -3.22. The summed E-state index contributed by atoms with van der Waals surface area (Å²) < 4.78 is 0. The molecule has 0 fully saturated rings. The third kappa shape index (κ3) is 3.52. The molecule has 0 spiro atoms. The quantitative estimate of drug-likeness (QED) is 0.428. The molecule has 0 saturated carbocycles. The van der Waals surface area contributed by atoms with Crippen molar-refractivity contribution in [3.8, 4) is 0 Å². The number of nitro benzene ring substituents is 1. The Labute approximate surface area is 132 Å². The van der Waals surface area contributed by atoms with Crippen LogP contribution in [0.25, 0.3) is 11.0 Å². The SMILES string of the molecule is C/C(Cc1nc2ccccc2[nH]1)=N\Nc1ccc([N+](=O)[O-])cc1. The average Bonchev–Trinajstić information content (AvgIpc) is 2.95. The van der Waals surface area contributed by atoms with Crippen molar-refractivity contribution < 1.29 is 4.92 Å². The minimum Gasteiger partial charge on any atom is -0.342 e. The first-order valence-corrected chi connectivity index (χ1v) is 7.09. The Morgan fingerprint density at radius 1 is 1.26 bits per heavy atom. The third-order valence-electron chi connectivity index (χ3n) is 3.32. The van der Waals surface area contributed by atoms with Gasteiger partial charge in [0.25, 0.3) is 5.69 Å². The average molecular weight is 309 g/mol. The Bertz CT molecular complexity index is 835. The number of anilines is 1. The molecule has 3 aromatic rings. The number of rotatable bonds is 5. The fourth-order valence-electron chi connectivity index (χ4n) is 2.19. The van der Waals surface area contributed by atoms with E-state index in [4.69, 9.17) is 0 Å². The predicted octanol–water partition coefficient (Wildman–Crippen LogP) is 3.50. The zero-order valence-electron chi connectivity index (χ0n) is 12.5. The molecule has 0 saturated heterocycles. The van der Waals surface area contributed by atoms with Crippen molar-refractivity contribution in [2.24, 2.45) is 5.10 Å². The molecule has 0 atom stereocenters. The van der Waals surface area contributed by atoms with Crippen molar-refractivity contribution in [1.82, 2.24) is 9.97 Å². The van der Waals surface area contributed by atoms with E-state index in [0.29, 0.717) is 12.1 Å². The topological polar surface area (TPSA) is 96.2 Å². The number of H-pyrrole nitrogens is 1. The smallest absolute Gasteiger partial charge is 0.269 e. The number of nitro groups is 1. The van der Waals surface area contributed by atoms with E-state index in [1.54, 1.807) is 12.1 Å². The van der Waals surface area contributed by atoms with E-state index >= 15 is 0 Å². The van der Waals surface area contributed by atoms with Crippen LogP contribution in [0.4, 0.5) is 11.4 Å². The highest BCUT2D eigenvalue weighted by Crippen LogP contribution is 2.15. The molecule has 23 heavy (non-hydrogen) atoms. The van der Waals surface area contributed by atoms with E-state index in [9.17, 15) is 10.1 Å². The van der Waals surface area contributed by atoms with Crippen LogP contribution in [0.15, 0.2) is 53.6 Å². The van der Waals surface area contributed by atoms with Crippen LogP contribution in [0.3, 0.4) is 0 Å². The van der Waals surface area contributed by atoms with Crippen LogP contribution in [0, 0.1) is 10.1 Å². The second kappa shape index (κ2) is 6.27. The highest BCUT2D eigenvalue weighted by Gasteiger charge is 2.05. The van der Waals surface area contributed by atoms with Gasteiger partial charge in [-0.3, -0.25) is 15.5 Å². The molecule has 0 bridgehead atoms. The standard InChI is InChI=1S/C16H15N5O2/c1-11(10-16-17-14-4-2-3-5-15(14)18-16)19-20-12-6-8-13(9-7-12)21(22)23/h2-9,20H,10H2,1H3,(H,17,18)/b19-11+. The minimum atomic E-state index is -0.431. The van der Waals surface area contributed by atoms with Gasteiger partial charge in [0.15, 0.2) is 0 Å². The van der Waals surface area contributed by atoms with E-state index in [1.165, 1.54) is 12.1 Å². The summed E-state index contributed by atoms with van der Waals surface area (Å²) >= 11 is 0. The zero-order chi connectivity index (χ0) is 16.2. The van der Waals surface area contributed by atoms with E-state index in [-0.39, 0.29) is 5.69 Å². The predicted molar refractivity (Wildman–Crippen MR) is 89.6 cm³/mol. The molecule has 7 heteroatoms. The summed E-state index contributed by atoms with van der Waals surface area (Å²) in [4.78, 5) is 17.9. The fourth-order valence-corrected chi connectivity index (χ4v) is 2.19. The van der Waals surface area contributed by atoms with Gasteiger partial charge in [-0.15, -0.1) is 0 Å². The number of aromatic nitrogens is 2. The normalized spacial score (nSPS) is 11.6. The number of nitrogens with one attached hydrogen (secondary N) is 2. The van der Waals surface area contributed by atoms with Gasteiger partial charge in [0.1, 0.15) is 5.82 Å². The van der Waals surface area contributed by atoms with Gasteiger partial charge >= 0.3 is 0 Å². The summed E-state index contributed by atoms with van der Waals surface area (Å²) in [6.45, 7) is 1.89. The summed E-state index contributed by atoms with van der Waals surface area (Å²) in [5.41, 5.74) is 6.41. The van der Waals surface area contributed by atoms with Crippen LogP contribution in [0.2, 0.25) is 0 Å². The number of benzene rings is 2. The number of non-ortho nitro benzene ring substituents is 1. The second-order valence-corrected chi connectivity index (χ2v) is 5.14. The Morgan fingerprint density at radius 2 is 2.00 bits per heavy atom. The first-order chi connectivity index (χ1) is 11.1. The summed E-state index contributed by atoms with van der Waals surface area (Å²) in [6, 6.07) is 14.0. The van der Waals surface area contributed by atoms with Gasteiger partial charge in [0.2, 0.25) is 0 Å². The number of hydrazone groups is 1. The van der Waals surface area contributed by atoms with Crippen molar-refractivity contribution in [3.63, 3.8) is 0 Å².